The normalized spacial score (nSPS) is 11.7. The molecule has 1 aromatic carbocycles. The highest BCUT2D eigenvalue weighted by atomic mass is 35.5. The van der Waals surface area contributed by atoms with E-state index in [2.05, 4.69) is 15.3 Å². The Kier molecular flexibility index (Phi) is 6.51. The summed E-state index contributed by atoms with van der Waals surface area (Å²) in [5.74, 6) is -1.26. The van der Waals surface area contributed by atoms with Gasteiger partial charge >= 0.3 is 5.97 Å². The molecular formula is C18H12Cl3N3O3S. The fourth-order valence-corrected chi connectivity index (χ4v) is 3.36. The van der Waals surface area contributed by atoms with Gasteiger partial charge in [0.2, 0.25) is 0 Å². The number of carbonyl (C=O) groups excluding carboxylic acids is 2. The van der Waals surface area contributed by atoms with Gasteiger partial charge in [0.05, 0.1) is 21.3 Å². The zero-order valence-corrected chi connectivity index (χ0v) is 17.4. The van der Waals surface area contributed by atoms with E-state index < -0.39 is 18.0 Å². The maximum atomic E-state index is 12.3. The smallest absolute Gasteiger partial charge is 0.342 e. The number of esters is 1. The molecule has 0 bridgehead atoms. The summed E-state index contributed by atoms with van der Waals surface area (Å²) >= 11 is 19.0. The molecule has 1 atom stereocenters. The Morgan fingerprint density at radius 3 is 2.68 bits per heavy atom. The van der Waals surface area contributed by atoms with Crippen LogP contribution in [0.15, 0.2) is 41.9 Å². The summed E-state index contributed by atoms with van der Waals surface area (Å²) in [4.78, 5) is 32.6. The number of nitrogens with zero attached hydrogens (tertiary/aromatic N) is 2. The second-order valence-corrected chi connectivity index (χ2v) is 7.58. The van der Waals surface area contributed by atoms with Crippen LogP contribution >= 0.6 is 46.1 Å². The minimum Gasteiger partial charge on any atom is -0.449 e. The number of hydrogen-bond donors (Lipinski definition) is 1. The molecule has 2 heterocycles. The maximum absolute atomic E-state index is 12.3. The summed E-state index contributed by atoms with van der Waals surface area (Å²) in [6.07, 6.45) is 0.393. The van der Waals surface area contributed by atoms with Gasteiger partial charge in [0, 0.05) is 17.1 Å². The highest BCUT2D eigenvalue weighted by molar-refractivity contribution is 7.14. The third-order valence-electron chi connectivity index (χ3n) is 3.58. The molecule has 1 unspecified atom stereocenters. The van der Waals surface area contributed by atoms with Gasteiger partial charge in [-0.05, 0) is 31.2 Å². The molecule has 0 fully saturated rings. The van der Waals surface area contributed by atoms with E-state index in [-0.39, 0.29) is 10.7 Å². The van der Waals surface area contributed by atoms with E-state index in [0.29, 0.717) is 20.9 Å². The number of halogens is 3. The number of ether oxygens (including phenoxy) is 1. The fourth-order valence-electron chi connectivity index (χ4n) is 2.14. The summed E-state index contributed by atoms with van der Waals surface area (Å²) in [6, 6.07) is 8.14. The second kappa shape index (κ2) is 8.87. The molecule has 1 amide bonds. The van der Waals surface area contributed by atoms with Gasteiger partial charge in [-0.2, -0.15) is 0 Å². The number of benzene rings is 1. The first-order valence-corrected chi connectivity index (χ1v) is 9.90. The van der Waals surface area contributed by atoms with E-state index in [4.69, 9.17) is 39.5 Å². The van der Waals surface area contributed by atoms with Crippen LogP contribution in [0.3, 0.4) is 0 Å². The van der Waals surface area contributed by atoms with Crippen LogP contribution in [-0.4, -0.2) is 27.9 Å². The lowest BCUT2D eigenvalue weighted by Crippen LogP contribution is -2.30. The van der Waals surface area contributed by atoms with Gasteiger partial charge in [0.15, 0.2) is 11.2 Å². The van der Waals surface area contributed by atoms with Crippen LogP contribution in [0.25, 0.3) is 11.3 Å². The first-order chi connectivity index (χ1) is 13.3. The molecule has 3 aromatic rings. The summed E-state index contributed by atoms with van der Waals surface area (Å²) in [5.41, 5.74) is 1.47. The first-order valence-electron chi connectivity index (χ1n) is 7.88. The van der Waals surface area contributed by atoms with E-state index in [1.165, 1.54) is 30.5 Å². The SMILES string of the molecule is CC(OC(=O)c1cccnc1Cl)C(=O)Nc1nc(-c2ccc(Cl)c(Cl)c2)cs1. The van der Waals surface area contributed by atoms with Crippen molar-refractivity contribution in [3.8, 4) is 11.3 Å². The standard InChI is InChI=1S/C18H12Cl3N3O3S/c1-9(27-17(26)11-3-2-6-22-15(11)21)16(25)24-18-23-14(8-28-18)10-4-5-12(19)13(20)7-10/h2-9H,1H3,(H,23,24,25). The molecule has 0 saturated carbocycles. The van der Waals surface area contributed by atoms with Gasteiger partial charge in [-0.1, -0.05) is 40.9 Å². The van der Waals surface area contributed by atoms with E-state index in [1.54, 1.807) is 29.6 Å². The first kappa shape index (κ1) is 20.5. The molecular weight excluding hydrogens is 445 g/mol. The van der Waals surface area contributed by atoms with Crippen molar-refractivity contribution in [3.63, 3.8) is 0 Å². The van der Waals surface area contributed by atoms with Gasteiger partial charge in [-0.15, -0.1) is 11.3 Å². The lowest BCUT2D eigenvalue weighted by molar-refractivity contribution is -0.123. The van der Waals surface area contributed by atoms with Crippen LogP contribution in [-0.2, 0) is 9.53 Å². The number of hydrogen-bond acceptors (Lipinski definition) is 6. The molecule has 6 nitrogen and oxygen atoms in total. The molecule has 0 saturated heterocycles. The van der Waals surface area contributed by atoms with E-state index in [0.717, 1.165) is 5.56 Å². The maximum Gasteiger partial charge on any atom is 0.342 e. The molecule has 0 aliphatic heterocycles. The predicted octanol–water partition coefficient (Wildman–Crippen LogP) is 5.35. The van der Waals surface area contributed by atoms with E-state index in [1.807, 2.05) is 0 Å². The van der Waals surface area contributed by atoms with Gasteiger partial charge in [-0.25, -0.2) is 14.8 Å². The number of thiazole rings is 1. The summed E-state index contributed by atoms with van der Waals surface area (Å²) in [7, 11) is 0. The average molecular weight is 457 g/mol. The van der Waals surface area contributed by atoms with Crippen LogP contribution in [0, 0.1) is 0 Å². The van der Waals surface area contributed by atoms with Crippen molar-refractivity contribution in [3.05, 3.63) is 62.7 Å². The zero-order chi connectivity index (χ0) is 20.3. The minimum atomic E-state index is -1.05. The Bertz CT molecular complexity index is 1040. The lowest BCUT2D eigenvalue weighted by Gasteiger charge is -2.12. The van der Waals surface area contributed by atoms with Crippen molar-refractivity contribution in [2.75, 3.05) is 5.32 Å². The fraction of sp³-hybridized carbons (Fsp3) is 0.111. The third kappa shape index (κ3) is 4.80. The molecule has 28 heavy (non-hydrogen) atoms. The van der Waals surface area contributed by atoms with Crippen molar-refractivity contribution < 1.29 is 14.3 Å². The van der Waals surface area contributed by atoms with Crippen molar-refractivity contribution in [2.24, 2.45) is 0 Å². The van der Waals surface area contributed by atoms with Gasteiger partial charge < -0.3 is 4.74 Å². The quantitative estimate of drug-likeness (QED) is 0.413. The summed E-state index contributed by atoms with van der Waals surface area (Å²) < 4.78 is 5.14. The largest absolute Gasteiger partial charge is 0.449 e. The van der Waals surface area contributed by atoms with Crippen molar-refractivity contribution in [1.29, 1.82) is 0 Å². The van der Waals surface area contributed by atoms with Crippen LogP contribution < -0.4 is 5.32 Å². The Labute approximate surface area is 179 Å². The van der Waals surface area contributed by atoms with Crippen molar-refractivity contribution >= 4 is 63.1 Å². The van der Waals surface area contributed by atoms with Crippen LogP contribution in [0.1, 0.15) is 17.3 Å². The molecule has 0 radical (unpaired) electrons. The Morgan fingerprint density at radius 1 is 1.18 bits per heavy atom. The second-order valence-electron chi connectivity index (χ2n) is 5.55. The number of aromatic nitrogens is 2. The van der Waals surface area contributed by atoms with Crippen LogP contribution in [0.4, 0.5) is 5.13 Å². The molecule has 3 rings (SSSR count). The Hall–Kier alpha value is -2.19. The molecule has 1 N–H and O–H groups in total. The zero-order valence-electron chi connectivity index (χ0n) is 14.3. The van der Waals surface area contributed by atoms with Crippen molar-refractivity contribution in [2.45, 2.75) is 13.0 Å². The van der Waals surface area contributed by atoms with E-state index >= 15 is 0 Å². The predicted molar refractivity (Wildman–Crippen MR) is 110 cm³/mol. The molecule has 0 aliphatic rings. The number of amides is 1. The van der Waals surface area contributed by atoms with Crippen molar-refractivity contribution in [1.82, 2.24) is 9.97 Å². The van der Waals surface area contributed by atoms with Crippen LogP contribution in [0.5, 0.6) is 0 Å². The Balaban J connectivity index is 1.64. The number of carbonyl (C=O) groups is 2. The highest BCUT2D eigenvalue weighted by Crippen LogP contribution is 2.30. The number of rotatable bonds is 5. The molecule has 10 heteroatoms. The van der Waals surface area contributed by atoms with Gasteiger partial charge in [-0.3, -0.25) is 10.1 Å². The van der Waals surface area contributed by atoms with E-state index in [9.17, 15) is 9.59 Å². The lowest BCUT2D eigenvalue weighted by atomic mass is 10.2. The number of pyridine rings is 1. The van der Waals surface area contributed by atoms with Gasteiger partial charge in [0.25, 0.3) is 5.91 Å². The molecule has 0 spiro atoms. The van der Waals surface area contributed by atoms with Gasteiger partial charge in [0.1, 0.15) is 5.15 Å². The highest BCUT2D eigenvalue weighted by Gasteiger charge is 2.22. The molecule has 2 aromatic heterocycles. The minimum absolute atomic E-state index is 0.00583. The number of anilines is 1. The Morgan fingerprint density at radius 2 is 1.96 bits per heavy atom. The summed E-state index contributed by atoms with van der Waals surface area (Å²) in [6.45, 7) is 1.45. The topological polar surface area (TPSA) is 81.2 Å². The van der Waals surface area contributed by atoms with Crippen LogP contribution in [0.2, 0.25) is 15.2 Å². The number of nitrogens with one attached hydrogen (secondary N) is 1. The third-order valence-corrected chi connectivity index (χ3v) is 5.38. The summed E-state index contributed by atoms with van der Waals surface area (Å²) in [5, 5.41) is 5.59. The molecule has 0 aliphatic carbocycles. The molecule has 144 valence electrons. The average Bonchev–Trinajstić information content (AvgIpc) is 3.12. The monoisotopic (exact) mass is 455 g/mol.